The van der Waals surface area contributed by atoms with E-state index in [2.05, 4.69) is 48.2 Å². The highest BCUT2D eigenvalue weighted by atomic mass is 16.2. The van der Waals surface area contributed by atoms with Crippen molar-refractivity contribution in [1.29, 1.82) is 0 Å². The lowest BCUT2D eigenvalue weighted by Gasteiger charge is -2.27. The maximum atomic E-state index is 13.1. The zero-order chi connectivity index (χ0) is 22.7. The summed E-state index contributed by atoms with van der Waals surface area (Å²) < 4.78 is 0. The smallest absolute Gasteiger partial charge is 0.261 e. The van der Waals surface area contributed by atoms with Crippen LogP contribution >= 0.6 is 0 Å². The summed E-state index contributed by atoms with van der Waals surface area (Å²) in [5.41, 5.74) is 4.50. The van der Waals surface area contributed by atoms with Crippen LogP contribution < -0.4 is 4.90 Å². The molecule has 0 bridgehead atoms. The highest BCUT2D eigenvalue weighted by molar-refractivity contribution is 6.26. The summed E-state index contributed by atoms with van der Waals surface area (Å²) in [6.07, 6.45) is 8.25. The molecule has 164 valence electrons. The number of benzene rings is 3. The molecule has 3 aromatic rings. The van der Waals surface area contributed by atoms with Crippen molar-refractivity contribution in [3.63, 3.8) is 0 Å². The summed E-state index contributed by atoms with van der Waals surface area (Å²) in [5.74, 6) is -0.352. The van der Waals surface area contributed by atoms with Crippen LogP contribution in [0.25, 0.3) is 22.9 Å². The Kier molecular flexibility index (Phi) is 6.40. The summed E-state index contributed by atoms with van der Waals surface area (Å²) in [4.78, 5) is 29.8. The van der Waals surface area contributed by atoms with Gasteiger partial charge in [0.15, 0.2) is 0 Å². The quantitative estimate of drug-likeness (QED) is 0.243. The first-order valence-electron chi connectivity index (χ1n) is 11.4. The van der Waals surface area contributed by atoms with Crippen molar-refractivity contribution in [2.24, 2.45) is 0 Å². The number of unbranched alkanes of at least 4 members (excludes halogenated alkanes) is 3. The molecule has 0 radical (unpaired) electrons. The third-order valence-corrected chi connectivity index (χ3v) is 6.13. The summed E-state index contributed by atoms with van der Waals surface area (Å²) in [7, 11) is 4.05. The molecule has 0 aliphatic carbocycles. The van der Waals surface area contributed by atoms with Crippen LogP contribution in [-0.4, -0.2) is 37.4 Å². The Morgan fingerprint density at radius 2 is 1.53 bits per heavy atom. The number of carbonyl (C=O) groups excluding carboxylic acids is 2. The SMILES string of the molecule is CCCCCCN1C(=O)c2cccc3c(/C=C/c4ccc(N(C)C)cc4)ccc(c23)C1=O. The topological polar surface area (TPSA) is 40.6 Å². The minimum atomic E-state index is -0.176. The number of carbonyl (C=O) groups is 2. The largest absolute Gasteiger partial charge is 0.378 e. The second kappa shape index (κ2) is 9.39. The second-order valence-corrected chi connectivity index (χ2v) is 8.57. The lowest BCUT2D eigenvalue weighted by molar-refractivity contribution is 0.0608. The molecule has 4 nitrogen and oxygen atoms in total. The fourth-order valence-corrected chi connectivity index (χ4v) is 4.28. The average Bonchev–Trinajstić information content (AvgIpc) is 2.81. The van der Waals surface area contributed by atoms with E-state index in [0.717, 1.165) is 53.3 Å². The van der Waals surface area contributed by atoms with E-state index in [1.54, 1.807) is 0 Å². The molecule has 0 saturated carbocycles. The number of hydrogen-bond donors (Lipinski definition) is 0. The van der Waals surface area contributed by atoms with Crippen LogP contribution in [-0.2, 0) is 0 Å². The van der Waals surface area contributed by atoms with Gasteiger partial charge in [0, 0.05) is 42.8 Å². The van der Waals surface area contributed by atoms with Gasteiger partial charge in [0.05, 0.1) is 0 Å². The standard InChI is InChI=1S/C28H30N2O2/c1-4-5-6-7-19-30-27(31)24-10-8-9-23-21(15-18-25(26(23)24)28(30)32)14-11-20-12-16-22(17-13-20)29(2)3/h8-18H,4-7,19H2,1-3H3/b14-11+. The molecule has 0 unspecified atom stereocenters. The predicted molar refractivity (Wildman–Crippen MR) is 133 cm³/mol. The van der Waals surface area contributed by atoms with E-state index in [-0.39, 0.29) is 11.8 Å². The van der Waals surface area contributed by atoms with Crippen molar-refractivity contribution in [2.45, 2.75) is 32.6 Å². The number of imide groups is 1. The van der Waals surface area contributed by atoms with Gasteiger partial charge in [0.1, 0.15) is 0 Å². The third kappa shape index (κ3) is 4.18. The summed E-state index contributed by atoms with van der Waals surface area (Å²) in [6.45, 7) is 2.64. The van der Waals surface area contributed by atoms with Gasteiger partial charge in [-0.15, -0.1) is 0 Å². The minimum Gasteiger partial charge on any atom is -0.378 e. The van der Waals surface area contributed by atoms with Crippen LogP contribution in [0.1, 0.15) is 64.4 Å². The van der Waals surface area contributed by atoms with Crippen molar-refractivity contribution in [3.8, 4) is 0 Å². The van der Waals surface area contributed by atoms with Crippen molar-refractivity contribution < 1.29 is 9.59 Å². The van der Waals surface area contributed by atoms with Crippen molar-refractivity contribution in [3.05, 3.63) is 76.9 Å². The molecule has 0 atom stereocenters. The van der Waals surface area contributed by atoms with Gasteiger partial charge in [-0.05, 0) is 47.2 Å². The Hall–Kier alpha value is -3.40. The number of anilines is 1. The van der Waals surface area contributed by atoms with Crippen molar-refractivity contribution in [1.82, 2.24) is 4.90 Å². The molecular formula is C28H30N2O2. The van der Waals surface area contributed by atoms with Crippen LogP contribution in [0.5, 0.6) is 0 Å². The maximum Gasteiger partial charge on any atom is 0.261 e. The van der Waals surface area contributed by atoms with Gasteiger partial charge in [-0.2, -0.15) is 0 Å². The first-order chi connectivity index (χ1) is 15.5. The van der Waals surface area contributed by atoms with Gasteiger partial charge >= 0.3 is 0 Å². The molecule has 0 spiro atoms. The number of rotatable bonds is 8. The fraction of sp³-hybridized carbons (Fsp3) is 0.286. The van der Waals surface area contributed by atoms with Crippen LogP contribution in [0.2, 0.25) is 0 Å². The first-order valence-corrected chi connectivity index (χ1v) is 11.4. The van der Waals surface area contributed by atoms with Gasteiger partial charge < -0.3 is 4.90 Å². The minimum absolute atomic E-state index is 0.176. The molecule has 1 heterocycles. The molecule has 1 aliphatic heterocycles. The van der Waals surface area contributed by atoms with E-state index in [0.29, 0.717) is 17.7 Å². The number of nitrogens with zero attached hydrogens (tertiary/aromatic N) is 2. The van der Waals surface area contributed by atoms with Crippen LogP contribution in [0.15, 0.2) is 54.6 Å². The zero-order valence-electron chi connectivity index (χ0n) is 19.1. The molecule has 4 heteroatoms. The Bertz CT molecular complexity index is 1150. The zero-order valence-corrected chi connectivity index (χ0v) is 19.1. The molecule has 0 aromatic heterocycles. The highest BCUT2D eigenvalue weighted by Gasteiger charge is 2.32. The molecule has 0 fully saturated rings. The van der Waals surface area contributed by atoms with Gasteiger partial charge in [-0.1, -0.05) is 68.7 Å². The lowest BCUT2D eigenvalue weighted by Crippen LogP contribution is -2.40. The normalized spacial score (nSPS) is 13.4. The molecule has 1 aliphatic rings. The highest BCUT2D eigenvalue weighted by Crippen LogP contribution is 2.33. The van der Waals surface area contributed by atoms with Crippen LogP contribution in [0.3, 0.4) is 0 Å². The Morgan fingerprint density at radius 1 is 0.812 bits per heavy atom. The number of hydrogen-bond acceptors (Lipinski definition) is 3. The fourth-order valence-electron chi connectivity index (χ4n) is 4.28. The van der Waals surface area contributed by atoms with Gasteiger partial charge in [0.2, 0.25) is 0 Å². The van der Waals surface area contributed by atoms with E-state index in [9.17, 15) is 9.59 Å². The van der Waals surface area contributed by atoms with Gasteiger partial charge in [0.25, 0.3) is 11.8 Å². The van der Waals surface area contributed by atoms with Crippen molar-refractivity contribution in [2.75, 3.05) is 25.5 Å². The van der Waals surface area contributed by atoms with Crippen LogP contribution in [0, 0.1) is 0 Å². The van der Waals surface area contributed by atoms with E-state index in [4.69, 9.17) is 0 Å². The molecule has 3 aromatic carbocycles. The lowest BCUT2D eigenvalue weighted by atomic mass is 9.91. The Morgan fingerprint density at radius 3 is 2.22 bits per heavy atom. The summed E-state index contributed by atoms with van der Waals surface area (Å²) >= 11 is 0. The molecule has 2 amide bonds. The van der Waals surface area contributed by atoms with Crippen molar-refractivity contribution >= 4 is 40.4 Å². The van der Waals surface area contributed by atoms with E-state index < -0.39 is 0 Å². The maximum absolute atomic E-state index is 13.1. The van der Waals surface area contributed by atoms with Gasteiger partial charge in [-0.25, -0.2) is 0 Å². The Labute approximate surface area is 190 Å². The van der Waals surface area contributed by atoms with Gasteiger partial charge in [-0.3, -0.25) is 14.5 Å². The Balaban J connectivity index is 1.65. The molecule has 0 saturated heterocycles. The molecule has 32 heavy (non-hydrogen) atoms. The molecule has 4 rings (SSSR count). The average molecular weight is 427 g/mol. The van der Waals surface area contributed by atoms with E-state index in [1.807, 2.05) is 44.4 Å². The summed E-state index contributed by atoms with van der Waals surface area (Å²) in [5, 5.41) is 1.71. The van der Waals surface area contributed by atoms with E-state index in [1.165, 1.54) is 4.90 Å². The molecule has 0 N–H and O–H groups in total. The number of amides is 2. The van der Waals surface area contributed by atoms with E-state index >= 15 is 0 Å². The third-order valence-electron chi connectivity index (χ3n) is 6.13. The monoisotopic (exact) mass is 426 g/mol. The molecular weight excluding hydrogens is 396 g/mol. The first kappa shape index (κ1) is 21.8. The van der Waals surface area contributed by atoms with Crippen LogP contribution in [0.4, 0.5) is 5.69 Å². The predicted octanol–water partition coefficient (Wildman–Crippen LogP) is 6.25. The second-order valence-electron chi connectivity index (χ2n) is 8.57. The summed E-state index contributed by atoms with van der Waals surface area (Å²) in [6, 6.07) is 17.9.